The fourth-order valence-electron chi connectivity index (χ4n) is 3.08. The highest BCUT2D eigenvalue weighted by Gasteiger charge is 2.43. The van der Waals surface area contributed by atoms with Gasteiger partial charge in [0.25, 0.3) is 0 Å². The third kappa shape index (κ3) is 2.61. The van der Waals surface area contributed by atoms with Crippen molar-refractivity contribution >= 4 is 15.9 Å². The summed E-state index contributed by atoms with van der Waals surface area (Å²) in [6, 6.07) is 15.0. The molecule has 0 atom stereocenters. The molecule has 4 rings (SSSR count). The SMILES string of the molecule is Brc1cc(CNCC2(c3ccccc3)CC2)cc2c1OCO2. The molecule has 2 aromatic carbocycles. The summed E-state index contributed by atoms with van der Waals surface area (Å²) in [5, 5.41) is 3.60. The van der Waals surface area contributed by atoms with Crippen molar-refractivity contribution in [1.82, 2.24) is 5.32 Å². The van der Waals surface area contributed by atoms with E-state index in [1.165, 1.54) is 24.0 Å². The monoisotopic (exact) mass is 359 g/mol. The van der Waals surface area contributed by atoms with Crippen molar-refractivity contribution in [1.29, 1.82) is 0 Å². The maximum Gasteiger partial charge on any atom is 0.231 e. The van der Waals surface area contributed by atoms with Crippen molar-refractivity contribution < 1.29 is 9.47 Å². The van der Waals surface area contributed by atoms with Gasteiger partial charge in [-0.05, 0) is 52.0 Å². The molecule has 3 nitrogen and oxygen atoms in total. The van der Waals surface area contributed by atoms with Gasteiger partial charge in [0.15, 0.2) is 11.5 Å². The lowest BCUT2D eigenvalue weighted by Crippen LogP contribution is -2.26. The van der Waals surface area contributed by atoms with E-state index in [9.17, 15) is 0 Å². The van der Waals surface area contributed by atoms with Crippen molar-refractivity contribution in [2.45, 2.75) is 24.8 Å². The van der Waals surface area contributed by atoms with E-state index in [2.05, 4.69) is 63.7 Å². The van der Waals surface area contributed by atoms with E-state index in [0.29, 0.717) is 12.2 Å². The van der Waals surface area contributed by atoms with Gasteiger partial charge in [0.05, 0.1) is 4.47 Å². The molecule has 0 aromatic heterocycles. The van der Waals surface area contributed by atoms with Gasteiger partial charge in [-0.15, -0.1) is 0 Å². The third-order valence-electron chi connectivity index (χ3n) is 4.52. The first-order chi connectivity index (χ1) is 10.8. The minimum Gasteiger partial charge on any atom is -0.454 e. The van der Waals surface area contributed by atoms with Crippen molar-refractivity contribution in [3.63, 3.8) is 0 Å². The highest BCUT2D eigenvalue weighted by molar-refractivity contribution is 9.10. The highest BCUT2D eigenvalue weighted by Crippen LogP contribution is 2.47. The summed E-state index contributed by atoms with van der Waals surface area (Å²) in [6.45, 7) is 2.16. The second-order valence-electron chi connectivity index (χ2n) is 6.06. The first kappa shape index (κ1) is 14.1. The molecule has 0 bridgehead atoms. The molecule has 2 aromatic rings. The Kier molecular flexibility index (Phi) is 3.59. The molecule has 1 saturated carbocycles. The number of hydrogen-bond acceptors (Lipinski definition) is 3. The van der Waals surface area contributed by atoms with E-state index in [-0.39, 0.29) is 0 Å². The summed E-state index contributed by atoms with van der Waals surface area (Å²) in [4.78, 5) is 0. The molecule has 1 aliphatic heterocycles. The van der Waals surface area contributed by atoms with Crippen molar-refractivity contribution in [3.05, 3.63) is 58.1 Å². The van der Waals surface area contributed by atoms with Crippen LogP contribution in [-0.4, -0.2) is 13.3 Å². The average Bonchev–Trinajstić information content (AvgIpc) is 3.17. The Bertz CT molecular complexity index is 683. The van der Waals surface area contributed by atoms with Gasteiger partial charge in [0, 0.05) is 18.5 Å². The molecule has 0 amide bonds. The summed E-state index contributed by atoms with van der Waals surface area (Å²) >= 11 is 3.55. The van der Waals surface area contributed by atoms with E-state index in [0.717, 1.165) is 29.1 Å². The summed E-state index contributed by atoms with van der Waals surface area (Å²) in [6.07, 6.45) is 2.55. The van der Waals surface area contributed by atoms with Gasteiger partial charge < -0.3 is 14.8 Å². The van der Waals surface area contributed by atoms with Gasteiger partial charge in [-0.3, -0.25) is 0 Å². The van der Waals surface area contributed by atoms with Crippen LogP contribution in [0.1, 0.15) is 24.0 Å². The van der Waals surface area contributed by atoms with Crippen LogP contribution in [0.25, 0.3) is 0 Å². The van der Waals surface area contributed by atoms with Gasteiger partial charge in [0.1, 0.15) is 0 Å². The molecule has 0 unspecified atom stereocenters. The van der Waals surface area contributed by atoms with Gasteiger partial charge in [-0.1, -0.05) is 30.3 Å². The smallest absolute Gasteiger partial charge is 0.231 e. The zero-order valence-corrected chi connectivity index (χ0v) is 13.9. The van der Waals surface area contributed by atoms with Crippen LogP contribution in [0, 0.1) is 0 Å². The number of nitrogens with one attached hydrogen (secondary N) is 1. The third-order valence-corrected chi connectivity index (χ3v) is 5.11. The minimum atomic E-state index is 0.307. The van der Waals surface area contributed by atoms with Crippen LogP contribution < -0.4 is 14.8 Å². The molecule has 2 aliphatic rings. The number of ether oxygens (including phenoxy) is 2. The normalized spacial score (nSPS) is 17.5. The largest absolute Gasteiger partial charge is 0.454 e. The molecular formula is C18H18BrNO2. The maximum absolute atomic E-state index is 5.47. The highest BCUT2D eigenvalue weighted by atomic mass is 79.9. The second kappa shape index (κ2) is 5.60. The molecule has 1 heterocycles. The topological polar surface area (TPSA) is 30.5 Å². The Morgan fingerprint density at radius 1 is 1.09 bits per heavy atom. The van der Waals surface area contributed by atoms with Gasteiger partial charge in [-0.2, -0.15) is 0 Å². The minimum absolute atomic E-state index is 0.307. The van der Waals surface area contributed by atoms with Crippen molar-refractivity contribution in [3.8, 4) is 11.5 Å². The predicted octanol–water partition coefficient (Wildman–Crippen LogP) is 4.00. The number of rotatable bonds is 5. The molecule has 0 spiro atoms. The first-order valence-corrected chi connectivity index (χ1v) is 8.40. The molecule has 1 aliphatic carbocycles. The zero-order valence-electron chi connectivity index (χ0n) is 12.3. The fraction of sp³-hybridized carbons (Fsp3) is 0.333. The number of benzene rings is 2. The van der Waals surface area contributed by atoms with Crippen molar-refractivity contribution in [2.24, 2.45) is 0 Å². The Hall–Kier alpha value is -1.52. The van der Waals surface area contributed by atoms with Crippen LogP contribution in [0.5, 0.6) is 11.5 Å². The summed E-state index contributed by atoms with van der Waals surface area (Å²) in [5.41, 5.74) is 3.00. The van der Waals surface area contributed by atoms with Crippen LogP contribution in [0.4, 0.5) is 0 Å². The Morgan fingerprint density at radius 2 is 1.91 bits per heavy atom. The summed E-state index contributed by atoms with van der Waals surface area (Å²) in [7, 11) is 0. The summed E-state index contributed by atoms with van der Waals surface area (Å²) < 4.78 is 11.9. The van der Waals surface area contributed by atoms with E-state index in [4.69, 9.17) is 9.47 Å². The van der Waals surface area contributed by atoms with E-state index >= 15 is 0 Å². The molecule has 22 heavy (non-hydrogen) atoms. The van der Waals surface area contributed by atoms with Crippen LogP contribution in [0.3, 0.4) is 0 Å². The second-order valence-corrected chi connectivity index (χ2v) is 6.92. The van der Waals surface area contributed by atoms with E-state index in [1.54, 1.807) is 0 Å². The van der Waals surface area contributed by atoms with Gasteiger partial charge >= 0.3 is 0 Å². The molecule has 0 saturated heterocycles. The Balaban J connectivity index is 1.41. The zero-order chi connectivity index (χ0) is 15.0. The van der Waals surface area contributed by atoms with Crippen LogP contribution in [-0.2, 0) is 12.0 Å². The number of halogens is 1. The predicted molar refractivity (Wildman–Crippen MR) is 89.3 cm³/mol. The molecule has 114 valence electrons. The first-order valence-electron chi connectivity index (χ1n) is 7.61. The quantitative estimate of drug-likeness (QED) is 0.874. The number of fused-ring (bicyclic) bond motifs is 1. The maximum atomic E-state index is 5.47. The molecular weight excluding hydrogens is 342 g/mol. The molecule has 0 radical (unpaired) electrons. The molecule has 1 fully saturated rings. The van der Waals surface area contributed by atoms with E-state index < -0.39 is 0 Å². The lowest BCUT2D eigenvalue weighted by molar-refractivity contribution is 0.173. The van der Waals surface area contributed by atoms with E-state index in [1.807, 2.05) is 0 Å². The van der Waals surface area contributed by atoms with Crippen LogP contribution in [0.15, 0.2) is 46.9 Å². The van der Waals surface area contributed by atoms with Gasteiger partial charge in [0.2, 0.25) is 6.79 Å². The summed E-state index contributed by atoms with van der Waals surface area (Å²) in [5.74, 6) is 1.64. The Labute approximate surface area is 138 Å². The lowest BCUT2D eigenvalue weighted by atomic mass is 9.96. The van der Waals surface area contributed by atoms with Crippen LogP contribution >= 0.6 is 15.9 Å². The lowest BCUT2D eigenvalue weighted by Gasteiger charge is -2.17. The van der Waals surface area contributed by atoms with Crippen molar-refractivity contribution in [2.75, 3.05) is 13.3 Å². The average molecular weight is 360 g/mol. The van der Waals surface area contributed by atoms with Crippen LogP contribution in [0.2, 0.25) is 0 Å². The molecule has 4 heteroatoms. The Morgan fingerprint density at radius 3 is 2.68 bits per heavy atom. The number of hydrogen-bond donors (Lipinski definition) is 1. The molecule has 1 N–H and O–H groups in total. The fourth-order valence-corrected chi connectivity index (χ4v) is 3.68. The standard InChI is InChI=1S/C18H18BrNO2/c19-15-8-13(9-16-17(15)22-12-21-16)10-20-11-18(6-7-18)14-4-2-1-3-5-14/h1-5,8-9,20H,6-7,10-12H2. The van der Waals surface area contributed by atoms with Gasteiger partial charge in [-0.25, -0.2) is 0 Å².